The van der Waals surface area contributed by atoms with Crippen LogP contribution in [0, 0.1) is 0 Å². The fraction of sp³-hybridized carbons (Fsp3) is 0.167. The molecule has 0 saturated carbocycles. The fourth-order valence-corrected chi connectivity index (χ4v) is 2.52. The lowest BCUT2D eigenvalue weighted by molar-refractivity contribution is -0.153. The molecule has 8 heteroatoms. The molecular formula is C18H14Cl2N2O4. The van der Waals surface area contributed by atoms with E-state index in [2.05, 4.69) is 10.2 Å². The molecule has 3 rings (SSSR count). The molecule has 0 aliphatic carbocycles. The lowest BCUT2D eigenvalue weighted by Crippen LogP contribution is -2.26. The molecule has 1 heterocycles. The lowest BCUT2D eigenvalue weighted by atomic mass is 10.2. The zero-order valence-corrected chi connectivity index (χ0v) is 15.2. The van der Waals surface area contributed by atoms with Crippen molar-refractivity contribution in [3.05, 3.63) is 64.5 Å². The Morgan fingerprint density at radius 2 is 1.92 bits per heavy atom. The van der Waals surface area contributed by atoms with Crippen molar-refractivity contribution in [3.63, 3.8) is 0 Å². The number of ether oxygens (including phenoxy) is 2. The Hall–Kier alpha value is -2.57. The average Bonchev–Trinajstić information content (AvgIpc) is 3.11. The minimum Gasteiger partial charge on any atom is -0.477 e. The highest BCUT2D eigenvalue weighted by Crippen LogP contribution is 2.28. The van der Waals surface area contributed by atoms with Gasteiger partial charge in [0, 0.05) is 10.6 Å². The second-order valence-corrected chi connectivity index (χ2v) is 6.15. The van der Waals surface area contributed by atoms with E-state index in [0.29, 0.717) is 21.7 Å². The maximum atomic E-state index is 12.1. The summed E-state index contributed by atoms with van der Waals surface area (Å²) in [4.78, 5) is 12.1. The van der Waals surface area contributed by atoms with E-state index in [1.54, 1.807) is 19.1 Å². The topological polar surface area (TPSA) is 74.5 Å². The Balaban J connectivity index is 1.56. The van der Waals surface area contributed by atoms with Crippen LogP contribution < -0.4 is 4.74 Å². The van der Waals surface area contributed by atoms with E-state index in [9.17, 15) is 4.79 Å². The molecule has 0 aliphatic rings. The van der Waals surface area contributed by atoms with Gasteiger partial charge < -0.3 is 13.9 Å². The van der Waals surface area contributed by atoms with Gasteiger partial charge in [-0.3, -0.25) is 0 Å². The first-order chi connectivity index (χ1) is 12.5. The Bertz CT molecular complexity index is 899. The molecule has 1 atom stereocenters. The molecule has 0 spiro atoms. The molecule has 26 heavy (non-hydrogen) atoms. The molecule has 6 nitrogen and oxygen atoms in total. The van der Waals surface area contributed by atoms with Crippen molar-refractivity contribution in [1.82, 2.24) is 10.2 Å². The molecule has 134 valence electrons. The second-order valence-electron chi connectivity index (χ2n) is 5.31. The minimum atomic E-state index is -0.870. The molecule has 3 aromatic rings. The molecule has 0 bridgehead atoms. The van der Waals surface area contributed by atoms with Crippen LogP contribution in [0.1, 0.15) is 12.8 Å². The van der Waals surface area contributed by atoms with Gasteiger partial charge in [-0.25, -0.2) is 4.79 Å². The van der Waals surface area contributed by atoms with Crippen molar-refractivity contribution < 1.29 is 18.7 Å². The summed E-state index contributed by atoms with van der Waals surface area (Å²) in [5.74, 6) is 0.294. The highest BCUT2D eigenvalue weighted by atomic mass is 35.5. The predicted molar refractivity (Wildman–Crippen MR) is 96.1 cm³/mol. The van der Waals surface area contributed by atoms with Gasteiger partial charge in [-0.1, -0.05) is 41.4 Å². The van der Waals surface area contributed by atoms with Crippen LogP contribution in [0.15, 0.2) is 52.9 Å². The van der Waals surface area contributed by atoms with Crippen molar-refractivity contribution in [2.24, 2.45) is 0 Å². The number of nitrogens with zero attached hydrogens (tertiary/aromatic N) is 2. The van der Waals surface area contributed by atoms with Gasteiger partial charge in [0.1, 0.15) is 5.75 Å². The van der Waals surface area contributed by atoms with Crippen molar-refractivity contribution in [2.75, 3.05) is 0 Å². The molecule has 0 amide bonds. The number of benzene rings is 2. The van der Waals surface area contributed by atoms with Gasteiger partial charge in [0.25, 0.3) is 5.89 Å². The molecule has 0 aliphatic heterocycles. The summed E-state index contributed by atoms with van der Waals surface area (Å²) >= 11 is 11.8. The van der Waals surface area contributed by atoms with Gasteiger partial charge >= 0.3 is 5.97 Å². The summed E-state index contributed by atoms with van der Waals surface area (Å²) in [6.07, 6.45) is -0.870. The molecule has 0 fully saturated rings. The van der Waals surface area contributed by atoms with Gasteiger partial charge in [-0.2, -0.15) is 0 Å². The van der Waals surface area contributed by atoms with Gasteiger partial charge in [0.2, 0.25) is 5.89 Å². The minimum absolute atomic E-state index is 0.152. The largest absolute Gasteiger partial charge is 0.477 e. The second kappa shape index (κ2) is 8.21. The van der Waals surface area contributed by atoms with Crippen LogP contribution in [0.4, 0.5) is 0 Å². The molecule has 0 unspecified atom stereocenters. The quantitative estimate of drug-likeness (QED) is 0.572. The lowest BCUT2D eigenvalue weighted by Gasteiger charge is -2.14. The van der Waals surface area contributed by atoms with Crippen LogP contribution in [0.25, 0.3) is 11.5 Å². The van der Waals surface area contributed by atoms with Crippen LogP contribution in [0.2, 0.25) is 10.0 Å². The standard InChI is InChI=1S/C18H14Cl2N2O4/c1-11(25-15-8-7-13(19)9-14(15)20)18(23)24-10-16-21-22-17(26-16)12-5-3-2-4-6-12/h2-9,11H,10H2,1H3/t11-/m1/s1. The van der Waals surface area contributed by atoms with E-state index in [1.165, 1.54) is 6.07 Å². The molecule has 0 N–H and O–H groups in total. The maximum absolute atomic E-state index is 12.1. The zero-order valence-electron chi connectivity index (χ0n) is 13.7. The van der Waals surface area contributed by atoms with Crippen LogP contribution in [-0.4, -0.2) is 22.3 Å². The molecule has 0 radical (unpaired) electrons. The first-order valence-corrected chi connectivity index (χ1v) is 8.44. The monoisotopic (exact) mass is 392 g/mol. The van der Waals surface area contributed by atoms with Gasteiger partial charge in [-0.15, -0.1) is 10.2 Å². The summed E-state index contributed by atoms with van der Waals surface area (Å²) in [6.45, 7) is 1.40. The zero-order chi connectivity index (χ0) is 18.5. The van der Waals surface area contributed by atoms with Crippen molar-refractivity contribution in [2.45, 2.75) is 19.6 Å². The van der Waals surface area contributed by atoms with E-state index in [0.717, 1.165) is 5.56 Å². The molecular weight excluding hydrogens is 379 g/mol. The third-order valence-corrected chi connectivity index (χ3v) is 3.89. The number of hydrogen-bond acceptors (Lipinski definition) is 6. The van der Waals surface area contributed by atoms with Crippen LogP contribution in [0.3, 0.4) is 0 Å². The number of rotatable bonds is 6. The van der Waals surface area contributed by atoms with E-state index in [1.807, 2.05) is 30.3 Å². The van der Waals surface area contributed by atoms with Crippen molar-refractivity contribution in [3.8, 4) is 17.2 Å². The molecule has 0 saturated heterocycles. The average molecular weight is 393 g/mol. The fourth-order valence-electron chi connectivity index (χ4n) is 2.07. The first-order valence-electron chi connectivity index (χ1n) is 7.69. The Morgan fingerprint density at radius 3 is 2.65 bits per heavy atom. The molecule has 2 aromatic carbocycles. The Morgan fingerprint density at radius 1 is 1.15 bits per heavy atom. The number of aromatic nitrogens is 2. The van der Waals surface area contributed by atoms with E-state index in [-0.39, 0.29) is 12.5 Å². The van der Waals surface area contributed by atoms with Gasteiger partial charge in [0.05, 0.1) is 5.02 Å². The Labute approximate surface area is 159 Å². The van der Waals surface area contributed by atoms with Crippen LogP contribution in [-0.2, 0) is 16.1 Å². The van der Waals surface area contributed by atoms with E-state index >= 15 is 0 Å². The smallest absolute Gasteiger partial charge is 0.347 e. The highest BCUT2D eigenvalue weighted by molar-refractivity contribution is 6.35. The van der Waals surface area contributed by atoms with Crippen molar-refractivity contribution in [1.29, 1.82) is 0 Å². The third-order valence-electron chi connectivity index (χ3n) is 3.36. The first kappa shape index (κ1) is 18.2. The van der Waals surface area contributed by atoms with Gasteiger partial charge in [-0.05, 0) is 37.3 Å². The normalized spacial score (nSPS) is 11.8. The van der Waals surface area contributed by atoms with Crippen molar-refractivity contribution >= 4 is 29.2 Å². The number of carbonyl (C=O) groups excluding carboxylic acids is 1. The summed E-state index contributed by atoms with van der Waals surface area (Å²) in [6, 6.07) is 14.0. The molecule has 1 aromatic heterocycles. The van der Waals surface area contributed by atoms with Crippen LogP contribution in [0.5, 0.6) is 5.75 Å². The third kappa shape index (κ3) is 4.53. The van der Waals surface area contributed by atoms with E-state index in [4.69, 9.17) is 37.1 Å². The highest BCUT2D eigenvalue weighted by Gasteiger charge is 2.19. The van der Waals surface area contributed by atoms with Gasteiger partial charge in [0.15, 0.2) is 12.7 Å². The predicted octanol–water partition coefficient (Wildman–Crippen LogP) is 4.55. The number of carbonyl (C=O) groups is 1. The summed E-state index contributed by atoms with van der Waals surface area (Å²) in [7, 11) is 0. The summed E-state index contributed by atoms with van der Waals surface area (Å²) in [5.41, 5.74) is 0.784. The number of esters is 1. The van der Waals surface area contributed by atoms with E-state index < -0.39 is 12.1 Å². The SMILES string of the molecule is C[C@@H](Oc1ccc(Cl)cc1Cl)C(=O)OCc1nnc(-c2ccccc2)o1. The summed E-state index contributed by atoms with van der Waals surface area (Å²) < 4.78 is 16.1. The number of halogens is 2. The summed E-state index contributed by atoms with van der Waals surface area (Å²) in [5, 5.41) is 8.57. The van der Waals surface area contributed by atoms with Crippen LogP contribution >= 0.6 is 23.2 Å². The number of hydrogen-bond donors (Lipinski definition) is 0. The maximum Gasteiger partial charge on any atom is 0.347 e. The Kier molecular flexibility index (Phi) is 5.75.